The highest BCUT2D eigenvalue weighted by Gasteiger charge is 2.17. The zero-order valence-electron chi connectivity index (χ0n) is 12.0. The number of carbonyl (C=O) groups excluding carboxylic acids is 3. The van der Waals surface area contributed by atoms with Crippen LogP contribution in [0.5, 0.6) is 0 Å². The molecule has 0 saturated heterocycles. The van der Waals surface area contributed by atoms with Crippen LogP contribution in [0.25, 0.3) is 0 Å². The van der Waals surface area contributed by atoms with E-state index in [9.17, 15) is 14.4 Å². The quantitative estimate of drug-likeness (QED) is 0.592. The monoisotopic (exact) mass is 293 g/mol. The lowest BCUT2D eigenvalue weighted by molar-refractivity contribution is -0.136. The molecular formula is C14H19N3O4. The lowest BCUT2D eigenvalue weighted by Gasteiger charge is -2.13. The SMILES string of the molecule is CCC(CO)NC(=O)C(=O)Nc1ccc(NC(C)=O)cc1. The number of nitrogens with one attached hydrogen (secondary N) is 3. The molecule has 3 amide bonds. The Morgan fingerprint density at radius 1 is 1.05 bits per heavy atom. The van der Waals surface area contributed by atoms with Crippen LogP contribution in [-0.2, 0) is 14.4 Å². The van der Waals surface area contributed by atoms with E-state index in [4.69, 9.17) is 5.11 Å². The van der Waals surface area contributed by atoms with Gasteiger partial charge in [0.2, 0.25) is 5.91 Å². The Bertz CT molecular complexity index is 509. The van der Waals surface area contributed by atoms with Gasteiger partial charge in [-0.1, -0.05) is 6.92 Å². The number of anilines is 2. The molecule has 0 aromatic heterocycles. The maximum atomic E-state index is 11.7. The topological polar surface area (TPSA) is 108 Å². The molecule has 1 atom stereocenters. The summed E-state index contributed by atoms with van der Waals surface area (Å²) in [4.78, 5) is 34.1. The van der Waals surface area contributed by atoms with Gasteiger partial charge in [0.1, 0.15) is 0 Å². The molecule has 1 unspecified atom stereocenters. The molecule has 114 valence electrons. The van der Waals surface area contributed by atoms with Crippen molar-refractivity contribution in [2.24, 2.45) is 0 Å². The molecule has 1 aromatic carbocycles. The number of hydrogen-bond acceptors (Lipinski definition) is 4. The minimum absolute atomic E-state index is 0.194. The predicted octanol–water partition coefficient (Wildman–Crippen LogP) is 0.471. The van der Waals surface area contributed by atoms with Crippen molar-refractivity contribution in [2.45, 2.75) is 26.3 Å². The molecule has 1 rings (SSSR count). The molecule has 0 heterocycles. The van der Waals surface area contributed by atoms with E-state index in [1.165, 1.54) is 6.92 Å². The van der Waals surface area contributed by atoms with Crippen molar-refractivity contribution >= 4 is 29.1 Å². The Hall–Kier alpha value is -2.41. The second kappa shape index (κ2) is 8.01. The predicted molar refractivity (Wildman–Crippen MR) is 78.7 cm³/mol. The van der Waals surface area contributed by atoms with Crippen molar-refractivity contribution in [3.05, 3.63) is 24.3 Å². The van der Waals surface area contributed by atoms with Crippen LogP contribution in [0.3, 0.4) is 0 Å². The maximum Gasteiger partial charge on any atom is 0.313 e. The van der Waals surface area contributed by atoms with Crippen LogP contribution in [0, 0.1) is 0 Å². The van der Waals surface area contributed by atoms with E-state index in [1.54, 1.807) is 31.2 Å². The molecule has 0 aliphatic rings. The van der Waals surface area contributed by atoms with E-state index < -0.39 is 17.9 Å². The number of rotatable bonds is 5. The summed E-state index contributed by atoms with van der Waals surface area (Å²) < 4.78 is 0. The second-order valence-corrected chi connectivity index (χ2v) is 4.47. The van der Waals surface area contributed by atoms with Crippen LogP contribution in [0.1, 0.15) is 20.3 Å². The van der Waals surface area contributed by atoms with Crippen molar-refractivity contribution < 1.29 is 19.5 Å². The molecule has 0 aliphatic carbocycles. The minimum Gasteiger partial charge on any atom is -0.394 e. The van der Waals surface area contributed by atoms with E-state index in [0.717, 1.165) is 0 Å². The first-order valence-electron chi connectivity index (χ1n) is 6.56. The average Bonchev–Trinajstić information content (AvgIpc) is 2.45. The number of aliphatic hydroxyl groups is 1. The first-order valence-corrected chi connectivity index (χ1v) is 6.56. The fourth-order valence-corrected chi connectivity index (χ4v) is 1.56. The zero-order chi connectivity index (χ0) is 15.8. The fourth-order valence-electron chi connectivity index (χ4n) is 1.56. The third-order valence-corrected chi connectivity index (χ3v) is 2.72. The van der Waals surface area contributed by atoms with E-state index >= 15 is 0 Å². The van der Waals surface area contributed by atoms with Gasteiger partial charge in [-0.3, -0.25) is 14.4 Å². The summed E-state index contributed by atoms with van der Waals surface area (Å²) in [6.45, 7) is 2.96. The summed E-state index contributed by atoms with van der Waals surface area (Å²) in [5.74, 6) is -1.81. The van der Waals surface area contributed by atoms with Crippen molar-refractivity contribution in [3.63, 3.8) is 0 Å². The van der Waals surface area contributed by atoms with Crippen molar-refractivity contribution in [1.82, 2.24) is 5.32 Å². The third-order valence-electron chi connectivity index (χ3n) is 2.72. The van der Waals surface area contributed by atoms with Gasteiger partial charge in [-0.05, 0) is 30.7 Å². The van der Waals surface area contributed by atoms with Crippen LogP contribution in [0.2, 0.25) is 0 Å². The lowest BCUT2D eigenvalue weighted by atomic mass is 10.2. The van der Waals surface area contributed by atoms with Crippen LogP contribution in [0.4, 0.5) is 11.4 Å². The average molecular weight is 293 g/mol. The van der Waals surface area contributed by atoms with Gasteiger partial charge in [0.25, 0.3) is 0 Å². The highest BCUT2D eigenvalue weighted by Crippen LogP contribution is 2.13. The van der Waals surface area contributed by atoms with E-state index in [-0.39, 0.29) is 12.5 Å². The lowest BCUT2D eigenvalue weighted by Crippen LogP contribution is -2.43. The summed E-state index contributed by atoms with van der Waals surface area (Å²) >= 11 is 0. The minimum atomic E-state index is -0.811. The Balaban J connectivity index is 2.58. The fraction of sp³-hybridized carbons (Fsp3) is 0.357. The van der Waals surface area contributed by atoms with Gasteiger partial charge in [0.15, 0.2) is 0 Å². The molecule has 4 N–H and O–H groups in total. The van der Waals surface area contributed by atoms with E-state index in [0.29, 0.717) is 17.8 Å². The molecule has 0 radical (unpaired) electrons. The molecule has 0 bridgehead atoms. The highest BCUT2D eigenvalue weighted by atomic mass is 16.3. The van der Waals surface area contributed by atoms with Gasteiger partial charge in [-0.2, -0.15) is 0 Å². The second-order valence-electron chi connectivity index (χ2n) is 4.47. The smallest absolute Gasteiger partial charge is 0.313 e. The van der Waals surface area contributed by atoms with Gasteiger partial charge in [-0.15, -0.1) is 0 Å². The third kappa shape index (κ3) is 5.62. The number of hydrogen-bond donors (Lipinski definition) is 4. The van der Waals surface area contributed by atoms with Crippen molar-refractivity contribution in [2.75, 3.05) is 17.2 Å². The molecule has 1 aromatic rings. The molecule has 0 aliphatic heterocycles. The van der Waals surface area contributed by atoms with Gasteiger partial charge in [0, 0.05) is 18.3 Å². The number of amides is 3. The van der Waals surface area contributed by atoms with Gasteiger partial charge in [0.05, 0.1) is 12.6 Å². The largest absolute Gasteiger partial charge is 0.394 e. The van der Waals surface area contributed by atoms with Crippen LogP contribution in [0.15, 0.2) is 24.3 Å². The number of carbonyl (C=O) groups is 3. The first kappa shape index (κ1) is 16.6. The summed E-state index contributed by atoms with van der Waals surface area (Å²) in [5, 5.41) is 16.4. The molecule has 7 heteroatoms. The zero-order valence-corrected chi connectivity index (χ0v) is 12.0. The summed E-state index contributed by atoms with van der Waals surface area (Å²) in [7, 11) is 0. The number of aliphatic hydroxyl groups excluding tert-OH is 1. The van der Waals surface area contributed by atoms with Crippen LogP contribution >= 0.6 is 0 Å². The molecule has 21 heavy (non-hydrogen) atoms. The van der Waals surface area contributed by atoms with Crippen LogP contribution < -0.4 is 16.0 Å². The Morgan fingerprint density at radius 3 is 2.00 bits per heavy atom. The van der Waals surface area contributed by atoms with E-state index in [1.807, 2.05) is 0 Å². The maximum absolute atomic E-state index is 11.7. The number of benzene rings is 1. The van der Waals surface area contributed by atoms with Gasteiger partial charge >= 0.3 is 11.8 Å². The molecule has 7 nitrogen and oxygen atoms in total. The van der Waals surface area contributed by atoms with Crippen LogP contribution in [-0.4, -0.2) is 35.5 Å². The molecular weight excluding hydrogens is 274 g/mol. The standard InChI is InChI=1S/C14H19N3O4/c1-3-10(8-18)16-13(20)14(21)17-12-6-4-11(5-7-12)15-9(2)19/h4-7,10,18H,3,8H2,1-2H3,(H,15,19)(H,16,20)(H,17,21). The summed E-state index contributed by atoms with van der Waals surface area (Å²) in [6, 6.07) is 5.92. The van der Waals surface area contributed by atoms with E-state index in [2.05, 4.69) is 16.0 Å². The Kier molecular flexibility index (Phi) is 6.35. The van der Waals surface area contributed by atoms with Crippen molar-refractivity contribution in [3.8, 4) is 0 Å². The molecule has 0 fully saturated rings. The van der Waals surface area contributed by atoms with Gasteiger partial charge in [-0.25, -0.2) is 0 Å². The normalized spacial score (nSPS) is 11.4. The summed E-state index contributed by atoms with van der Waals surface area (Å²) in [6.07, 6.45) is 0.529. The van der Waals surface area contributed by atoms with Gasteiger partial charge < -0.3 is 21.1 Å². The Labute approximate surface area is 122 Å². The first-order chi connectivity index (χ1) is 9.96. The molecule has 0 saturated carbocycles. The molecule has 0 spiro atoms. The van der Waals surface area contributed by atoms with Crippen molar-refractivity contribution in [1.29, 1.82) is 0 Å². The highest BCUT2D eigenvalue weighted by molar-refractivity contribution is 6.39. The Morgan fingerprint density at radius 2 is 1.57 bits per heavy atom. The summed E-state index contributed by atoms with van der Waals surface area (Å²) in [5.41, 5.74) is 1.03.